The summed E-state index contributed by atoms with van der Waals surface area (Å²) >= 11 is 6.37. The maximum Gasteiger partial charge on any atom is 0.270 e. The molecular weight excluding hydrogens is 308 g/mol. The number of nitro groups is 1. The Labute approximate surface area is 131 Å². The second-order valence-corrected chi connectivity index (χ2v) is 5.84. The lowest BCUT2D eigenvalue weighted by Gasteiger charge is -2.09. The van der Waals surface area contributed by atoms with E-state index in [0.717, 1.165) is 0 Å². The zero-order valence-electron chi connectivity index (χ0n) is 11.2. The summed E-state index contributed by atoms with van der Waals surface area (Å²) in [6.07, 6.45) is 5.08. The van der Waals surface area contributed by atoms with Crippen LogP contribution in [0.5, 0.6) is 0 Å². The molecule has 0 saturated carbocycles. The van der Waals surface area contributed by atoms with Crippen molar-refractivity contribution in [3.63, 3.8) is 0 Å². The lowest BCUT2D eigenvalue weighted by Crippen LogP contribution is -2.27. The number of benzene rings is 1. The summed E-state index contributed by atoms with van der Waals surface area (Å²) in [7, 11) is 0. The quantitative estimate of drug-likeness (QED) is 0.368. The maximum atomic E-state index is 12.0. The molecule has 1 aromatic carbocycles. The predicted molar refractivity (Wildman–Crippen MR) is 87.8 cm³/mol. The van der Waals surface area contributed by atoms with Crippen LogP contribution in [0.1, 0.15) is 12.5 Å². The zero-order valence-corrected chi connectivity index (χ0v) is 12.8. The van der Waals surface area contributed by atoms with Crippen LogP contribution in [-0.2, 0) is 4.79 Å². The molecule has 2 rings (SSSR count). The van der Waals surface area contributed by atoms with E-state index in [1.54, 1.807) is 30.4 Å². The number of non-ortho nitro benzene ring substituents is 1. The summed E-state index contributed by atoms with van der Waals surface area (Å²) in [6.45, 7) is 2.42. The number of nitro benzene ring substituents is 1. The topological polar surface area (TPSA) is 63.5 Å². The van der Waals surface area contributed by atoms with Gasteiger partial charge in [0.2, 0.25) is 0 Å². The van der Waals surface area contributed by atoms with E-state index in [1.165, 1.54) is 28.8 Å². The van der Waals surface area contributed by atoms with Crippen molar-refractivity contribution in [3.8, 4) is 0 Å². The Hall–Kier alpha value is -1.99. The van der Waals surface area contributed by atoms with Crippen LogP contribution < -0.4 is 0 Å². The number of carbonyl (C=O) groups excluding carboxylic acids is 1. The average molecular weight is 320 g/mol. The van der Waals surface area contributed by atoms with Gasteiger partial charge in [0.05, 0.1) is 9.83 Å². The second kappa shape index (κ2) is 6.64. The van der Waals surface area contributed by atoms with Gasteiger partial charge in [-0.05, 0) is 18.6 Å². The molecule has 21 heavy (non-hydrogen) atoms. The summed E-state index contributed by atoms with van der Waals surface area (Å²) in [4.78, 5) is 24.3. The van der Waals surface area contributed by atoms with Crippen molar-refractivity contribution < 1.29 is 9.72 Å². The van der Waals surface area contributed by atoms with Crippen LogP contribution in [0.2, 0.25) is 0 Å². The molecule has 1 aromatic rings. The third kappa shape index (κ3) is 3.56. The number of rotatable bonds is 4. The van der Waals surface area contributed by atoms with Gasteiger partial charge in [0, 0.05) is 18.7 Å². The SMILES string of the molecule is CCN1C(=O)C(=CC=Cc2cccc([N+](=O)[O-])c2)SC1=S. The second-order valence-electron chi connectivity index (χ2n) is 4.16. The van der Waals surface area contributed by atoms with Crippen LogP contribution in [0.3, 0.4) is 0 Å². The normalized spacial score (nSPS) is 17.2. The number of nitrogens with zero attached hydrogens (tertiary/aromatic N) is 2. The standard InChI is InChI=1S/C14H12N2O3S2/c1-2-15-13(17)12(21-14(15)20)8-4-6-10-5-3-7-11(9-10)16(18)19/h3-9H,2H2,1H3. The number of allylic oxidation sites excluding steroid dienone is 2. The van der Waals surface area contributed by atoms with Gasteiger partial charge in [0.1, 0.15) is 4.32 Å². The molecule has 0 unspecified atom stereocenters. The first-order valence-corrected chi connectivity index (χ1v) is 7.42. The van der Waals surface area contributed by atoms with Crippen LogP contribution in [0.4, 0.5) is 5.69 Å². The number of hydrogen-bond donors (Lipinski definition) is 0. The Morgan fingerprint density at radius 3 is 2.86 bits per heavy atom. The molecule has 1 aliphatic heterocycles. The van der Waals surface area contributed by atoms with Crippen molar-refractivity contribution in [2.45, 2.75) is 6.92 Å². The van der Waals surface area contributed by atoms with E-state index in [0.29, 0.717) is 21.3 Å². The number of thiocarbonyl (C=S) groups is 1. The van der Waals surface area contributed by atoms with Crippen LogP contribution >= 0.6 is 24.0 Å². The Morgan fingerprint density at radius 1 is 1.48 bits per heavy atom. The lowest BCUT2D eigenvalue weighted by atomic mass is 10.2. The van der Waals surface area contributed by atoms with Crippen molar-refractivity contribution in [3.05, 3.63) is 57.0 Å². The highest BCUT2D eigenvalue weighted by Crippen LogP contribution is 2.30. The molecule has 0 atom stereocenters. The molecule has 0 aliphatic carbocycles. The van der Waals surface area contributed by atoms with Gasteiger partial charge in [0.25, 0.3) is 11.6 Å². The highest BCUT2D eigenvalue weighted by molar-refractivity contribution is 8.26. The Kier molecular flexibility index (Phi) is 4.87. The van der Waals surface area contributed by atoms with Gasteiger partial charge in [-0.2, -0.15) is 0 Å². The highest BCUT2D eigenvalue weighted by atomic mass is 32.2. The molecule has 1 fully saturated rings. The van der Waals surface area contributed by atoms with Gasteiger partial charge in [-0.15, -0.1) is 0 Å². The van der Waals surface area contributed by atoms with Gasteiger partial charge >= 0.3 is 0 Å². The van der Waals surface area contributed by atoms with Crippen molar-refractivity contribution in [1.29, 1.82) is 0 Å². The first-order chi connectivity index (χ1) is 10.0. The number of thioether (sulfide) groups is 1. The molecule has 1 saturated heterocycles. The van der Waals surface area contributed by atoms with Crippen molar-refractivity contribution >= 4 is 46.0 Å². The van der Waals surface area contributed by atoms with E-state index < -0.39 is 4.92 Å². The number of likely N-dealkylation sites (N-methyl/N-ethyl adjacent to an activating group) is 1. The van der Waals surface area contributed by atoms with Crippen LogP contribution in [0.25, 0.3) is 6.08 Å². The molecule has 1 aliphatic rings. The van der Waals surface area contributed by atoms with Crippen LogP contribution in [0.15, 0.2) is 41.3 Å². The van der Waals surface area contributed by atoms with Crippen molar-refractivity contribution in [2.75, 3.05) is 6.54 Å². The molecule has 0 radical (unpaired) electrons. The lowest BCUT2D eigenvalue weighted by molar-refractivity contribution is -0.384. The first-order valence-electron chi connectivity index (χ1n) is 6.19. The van der Waals surface area contributed by atoms with Gasteiger partial charge < -0.3 is 0 Å². The maximum absolute atomic E-state index is 12.0. The van der Waals surface area contributed by atoms with Crippen molar-refractivity contribution in [1.82, 2.24) is 4.90 Å². The molecule has 7 heteroatoms. The largest absolute Gasteiger partial charge is 0.293 e. The molecule has 0 bridgehead atoms. The van der Waals surface area contributed by atoms with Gasteiger partial charge in [-0.25, -0.2) is 0 Å². The van der Waals surface area contributed by atoms with E-state index >= 15 is 0 Å². The number of hydrogen-bond acceptors (Lipinski definition) is 5. The van der Waals surface area contributed by atoms with Gasteiger partial charge in [-0.1, -0.05) is 48.3 Å². The molecule has 1 amide bonds. The summed E-state index contributed by atoms with van der Waals surface area (Å²) in [6, 6.07) is 6.29. The smallest absolute Gasteiger partial charge is 0.270 e. The fourth-order valence-corrected chi connectivity index (χ4v) is 3.11. The first kappa shape index (κ1) is 15.4. The molecule has 108 valence electrons. The minimum Gasteiger partial charge on any atom is -0.293 e. The molecule has 5 nitrogen and oxygen atoms in total. The fourth-order valence-electron chi connectivity index (χ4n) is 1.78. The predicted octanol–water partition coefficient (Wildman–Crippen LogP) is 3.37. The summed E-state index contributed by atoms with van der Waals surface area (Å²) in [5.41, 5.74) is 0.737. The number of amides is 1. The number of carbonyl (C=O) groups is 1. The van der Waals surface area contributed by atoms with E-state index in [4.69, 9.17) is 12.2 Å². The van der Waals surface area contributed by atoms with E-state index in [-0.39, 0.29) is 11.6 Å². The summed E-state index contributed by atoms with van der Waals surface area (Å²) in [5, 5.41) is 10.7. The summed E-state index contributed by atoms with van der Waals surface area (Å²) < 4.78 is 0.553. The van der Waals surface area contributed by atoms with Gasteiger partial charge in [0.15, 0.2) is 0 Å². The summed E-state index contributed by atoms with van der Waals surface area (Å²) in [5.74, 6) is -0.101. The molecule has 0 spiro atoms. The Morgan fingerprint density at radius 2 is 2.24 bits per heavy atom. The molecule has 0 aromatic heterocycles. The fraction of sp³-hybridized carbons (Fsp3) is 0.143. The third-order valence-corrected chi connectivity index (χ3v) is 4.20. The van der Waals surface area contributed by atoms with E-state index in [2.05, 4.69) is 0 Å². The third-order valence-electron chi connectivity index (χ3n) is 2.81. The van der Waals surface area contributed by atoms with E-state index in [1.807, 2.05) is 6.92 Å². The average Bonchev–Trinajstić information content (AvgIpc) is 2.73. The molecular formula is C14H12N2O3S2. The zero-order chi connectivity index (χ0) is 15.4. The van der Waals surface area contributed by atoms with Crippen LogP contribution in [-0.4, -0.2) is 26.6 Å². The van der Waals surface area contributed by atoms with Crippen LogP contribution in [0, 0.1) is 10.1 Å². The Balaban J connectivity index is 2.14. The minimum atomic E-state index is -0.441. The highest BCUT2D eigenvalue weighted by Gasteiger charge is 2.29. The monoisotopic (exact) mass is 320 g/mol. The molecule has 0 N–H and O–H groups in total. The Bertz CT molecular complexity index is 668. The van der Waals surface area contributed by atoms with Gasteiger partial charge in [-0.3, -0.25) is 19.8 Å². The van der Waals surface area contributed by atoms with Crippen molar-refractivity contribution in [2.24, 2.45) is 0 Å². The van der Waals surface area contributed by atoms with E-state index in [9.17, 15) is 14.9 Å². The molecule has 1 heterocycles. The minimum absolute atomic E-state index is 0.0365.